The van der Waals surface area contributed by atoms with E-state index in [1.54, 1.807) is 6.07 Å². The van der Waals surface area contributed by atoms with Crippen LogP contribution in [0, 0.1) is 5.41 Å². The number of nitrogens with one attached hydrogen (secondary N) is 1. The Kier molecular flexibility index (Phi) is 3.79. The molecule has 0 aliphatic heterocycles. The van der Waals surface area contributed by atoms with Gasteiger partial charge in [-0.25, -0.2) is 0 Å². The molecule has 2 heteroatoms. The summed E-state index contributed by atoms with van der Waals surface area (Å²) in [7, 11) is 0. The average Bonchev–Trinajstić information content (AvgIpc) is 3.22. The molecular weight excluding hydrogens is 234 g/mol. The molecule has 2 fully saturated rings. The first-order valence-electron chi connectivity index (χ1n) is 7.77. The summed E-state index contributed by atoms with van der Waals surface area (Å²) < 4.78 is 0. The highest BCUT2D eigenvalue weighted by Gasteiger charge is 2.34. The number of phenols is 1. The standard InChI is InChI=1S/C17H25NO/c19-16-6-4-5-14(11-16)12-17(9-2-1-3-10-17)13-18-15-7-8-15/h4-6,11,15,18-19H,1-3,7-10,12-13H2. The summed E-state index contributed by atoms with van der Waals surface area (Å²) in [6.07, 6.45) is 10.6. The van der Waals surface area contributed by atoms with Crippen molar-refractivity contribution in [1.29, 1.82) is 0 Å². The van der Waals surface area contributed by atoms with E-state index >= 15 is 0 Å². The molecule has 0 atom stereocenters. The molecule has 0 heterocycles. The lowest BCUT2D eigenvalue weighted by atomic mass is 9.70. The second-order valence-electron chi connectivity index (χ2n) is 6.56. The summed E-state index contributed by atoms with van der Waals surface area (Å²) in [6, 6.07) is 8.62. The molecule has 0 radical (unpaired) electrons. The van der Waals surface area contributed by atoms with Crippen LogP contribution in [0.25, 0.3) is 0 Å². The van der Waals surface area contributed by atoms with Crippen LogP contribution in [0.3, 0.4) is 0 Å². The SMILES string of the molecule is Oc1cccc(CC2(CNC3CC3)CCCCC2)c1. The van der Waals surface area contributed by atoms with Crippen molar-refractivity contribution in [1.82, 2.24) is 5.32 Å². The van der Waals surface area contributed by atoms with Crippen molar-refractivity contribution in [2.75, 3.05) is 6.54 Å². The summed E-state index contributed by atoms with van der Waals surface area (Å²) in [5, 5.41) is 13.4. The molecule has 2 N–H and O–H groups in total. The maximum atomic E-state index is 9.64. The molecule has 0 saturated heterocycles. The lowest BCUT2D eigenvalue weighted by Crippen LogP contribution is -2.38. The lowest BCUT2D eigenvalue weighted by molar-refractivity contribution is 0.180. The highest BCUT2D eigenvalue weighted by atomic mass is 16.3. The van der Waals surface area contributed by atoms with Crippen molar-refractivity contribution >= 4 is 0 Å². The Bertz CT molecular complexity index is 419. The molecular formula is C17H25NO. The van der Waals surface area contributed by atoms with Gasteiger partial charge in [-0.15, -0.1) is 0 Å². The summed E-state index contributed by atoms with van der Waals surface area (Å²) in [5.41, 5.74) is 1.72. The molecule has 19 heavy (non-hydrogen) atoms. The van der Waals surface area contributed by atoms with Gasteiger partial charge in [0.2, 0.25) is 0 Å². The number of hydrogen-bond donors (Lipinski definition) is 2. The summed E-state index contributed by atoms with van der Waals surface area (Å²) in [5.74, 6) is 0.401. The maximum Gasteiger partial charge on any atom is 0.115 e. The van der Waals surface area contributed by atoms with Crippen molar-refractivity contribution in [3.63, 3.8) is 0 Å². The Morgan fingerprint density at radius 2 is 1.95 bits per heavy atom. The van der Waals surface area contributed by atoms with E-state index < -0.39 is 0 Å². The van der Waals surface area contributed by atoms with E-state index in [0.717, 1.165) is 19.0 Å². The van der Waals surface area contributed by atoms with Gasteiger partial charge < -0.3 is 10.4 Å². The fraction of sp³-hybridized carbons (Fsp3) is 0.647. The second kappa shape index (κ2) is 5.54. The molecule has 0 bridgehead atoms. The first-order chi connectivity index (χ1) is 9.26. The smallest absolute Gasteiger partial charge is 0.115 e. The molecule has 0 aromatic heterocycles. The zero-order valence-corrected chi connectivity index (χ0v) is 11.7. The van der Waals surface area contributed by atoms with E-state index in [1.165, 1.54) is 50.5 Å². The van der Waals surface area contributed by atoms with Gasteiger partial charge in [0.05, 0.1) is 0 Å². The molecule has 104 valence electrons. The number of phenolic OH excluding ortho intramolecular Hbond substituents is 1. The van der Waals surface area contributed by atoms with Crippen LogP contribution in [-0.4, -0.2) is 17.7 Å². The van der Waals surface area contributed by atoms with Gasteiger partial charge in [-0.05, 0) is 55.2 Å². The molecule has 0 amide bonds. The largest absolute Gasteiger partial charge is 0.508 e. The fourth-order valence-corrected chi connectivity index (χ4v) is 3.47. The van der Waals surface area contributed by atoms with Crippen LogP contribution >= 0.6 is 0 Å². The third-order valence-corrected chi connectivity index (χ3v) is 4.75. The normalized spacial score (nSPS) is 22.3. The molecule has 2 aliphatic rings. The van der Waals surface area contributed by atoms with Crippen LogP contribution in [0.5, 0.6) is 5.75 Å². The predicted octanol–water partition coefficient (Wildman–Crippen LogP) is 3.64. The monoisotopic (exact) mass is 259 g/mol. The first-order valence-corrected chi connectivity index (χ1v) is 7.77. The van der Waals surface area contributed by atoms with Gasteiger partial charge in [0.25, 0.3) is 0 Å². The molecule has 0 unspecified atom stereocenters. The van der Waals surface area contributed by atoms with Gasteiger partial charge in [0.15, 0.2) is 0 Å². The van der Waals surface area contributed by atoms with Crippen LogP contribution in [0.1, 0.15) is 50.5 Å². The lowest BCUT2D eigenvalue weighted by Gasteiger charge is -2.38. The van der Waals surface area contributed by atoms with Gasteiger partial charge in [0.1, 0.15) is 5.75 Å². The van der Waals surface area contributed by atoms with Crippen LogP contribution in [0.2, 0.25) is 0 Å². The van der Waals surface area contributed by atoms with Crippen LogP contribution in [0.4, 0.5) is 0 Å². The average molecular weight is 259 g/mol. The van der Waals surface area contributed by atoms with E-state index in [1.807, 2.05) is 12.1 Å². The predicted molar refractivity (Wildman–Crippen MR) is 78.4 cm³/mol. The van der Waals surface area contributed by atoms with Crippen molar-refractivity contribution in [3.05, 3.63) is 29.8 Å². The second-order valence-corrected chi connectivity index (χ2v) is 6.56. The number of hydrogen-bond acceptors (Lipinski definition) is 2. The highest BCUT2D eigenvalue weighted by Crippen LogP contribution is 2.39. The fourth-order valence-electron chi connectivity index (χ4n) is 3.47. The molecule has 2 aliphatic carbocycles. The quantitative estimate of drug-likeness (QED) is 0.846. The molecule has 2 nitrogen and oxygen atoms in total. The number of benzene rings is 1. The van der Waals surface area contributed by atoms with Crippen molar-refractivity contribution in [2.24, 2.45) is 5.41 Å². The van der Waals surface area contributed by atoms with Gasteiger partial charge >= 0.3 is 0 Å². The molecule has 1 aromatic carbocycles. The van der Waals surface area contributed by atoms with Crippen molar-refractivity contribution in [2.45, 2.75) is 57.4 Å². The zero-order chi connectivity index (χ0) is 13.1. The Labute approximate surface area is 116 Å². The minimum atomic E-state index is 0.401. The highest BCUT2D eigenvalue weighted by molar-refractivity contribution is 5.28. The summed E-state index contributed by atoms with van der Waals surface area (Å²) in [4.78, 5) is 0. The zero-order valence-electron chi connectivity index (χ0n) is 11.7. The van der Waals surface area contributed by atoms with Gasteiger partial charge in [-0.1, -0.05) is 31.4 Å². The summed E-state index contributed by atoms with van der Waals surface area (Å²) in [6.45, 7) is 1.16. The van der Waals surface area contributed by atoms with E-state index in [9.17, 15) is 5.11 Å². The minimum absolute atomic E-state index is 0.401. The molecule has 3 rings (SSSR count). The number of aromatic hydroxyl groups is 1. The minimum Gasteiger partial charge on any atom is -0.508 e. The molecule has 0 spiro atoms. The Balaban J connectivity index is 1.69. The molecule has 1 aromatic rings. The van der Waals surface area contributed by atoms with E-state index in [2.05, 4.69) is 11.4 Å². The third kappa shape index (κ3) is 3.50. The van der Waals surface area contributed by atoms with E-state index in [4.69, 9.17) is 0 Å². The first kappa shape index (κ1) is 13.0. The van der Waals surface area contributed by atoms with Crippen molar-refractivity contribution < 1.29 is 5.11 Å². The summed E-state index contributed by atoms with van der Waals surface area (Å²) >= 11 is 0. The number of rotatable bonds is 5. The topological polar surface area (TPSA) is 32.3 Å². The Morgan fingerprint density at radius 3 is 2.63 bits per heavy atom. The third-order valence-electron chi connectivity index (χ3n) is 4.75. The maximum absolute atomic E-state index is 9.64. The van der Waals surface area contributed by atoms with E-state index in [0.29, 0.717) is 11.2 Å². The Morgan fingerprint density at radius 1 is 1.16 bits per heavy atom. The van der Waals surface area contributed by atoms with Crippen molar-refractivity contribution in [3.8, 4) is 5.75 Å². The van der Waals surface area contributed by atoms with Gasteiger partial charge in [-0.2, -0.15) is 0 Å². The van der Waals surface area contributed by atoms with Crippen LogP contribution in [0.15, 0.2) is 24.3 Å². The van der Waals surface area contributed by atoms with Gasteiger partial charge in [-0.3, -0.25) is 0 Å². The molecule has 2 saturated carbocycles. The van der Waals surface area contributed by atoms with Crippen LogP contribution < -0.4 is 5.32 Å². The van der Waals surface area contributed by atoms with Gasteiger partial charge in [0, 0.05) is 12.6 Å². The van der Waals surface area contributed by atoms with E-state index in [-0.39, 0.29) is 0 Å². The van der Waals surface area contributed by atoms with Crippen LogP contribution in [-0.2, 0) is 6.42 Å². The Hall–Kier alpha value is -1.02.